The largest absolute Gasteiger partial charge is 0.361 e. The molecule has 2 N–H and O–H groups in total. The zero-order valence-electron chi connectivity index (χ0n) is 18.0. The number of nitrogens with one attached hydrogen (secondary N) is 2. The van der Waals surface area contributed by atoms with E-state index in [2.05, 4.69) is 101 Å². The summed E-state index contributed by atoms with van der Waals surface area (Å²) in [5.74, 6) is 1.34. The van der Waals surface area contributed by atoms with Gasteiger partial charge in [0.15, 0.2) is 0 Å². The van der Waals surface area contributed by atoms with Crippen LogP contribution in [0.25, 0.3) is 21.8 Å². The summed E-state index contributed by atoms with van der Waals surface area (Å²) in [6, 6.07) is 17.1. The van der Waals surface area contributed by atoms with Gasteiger partial charge in [0.05, 0.1) is 13.1 Å². The Morgan fingerprint density at radius 1 is 0.767 bits per heavy atom. The number of nitrogens with zero attached hydrogens (tertiary/aromatic N) is 2. The number of rotatable bonds is 6. The first kappa shape index (κ1) is 18.7. The van der Waals surface area contributed by atoms with Gasteiger partial charge in [0.1, 0.15) is 11.4 Å². The molecule has 0 spiro atoms. The SMILES string of the molecule is Cc1c(C)[n+](CCc2c[nH]c3ccccc23)c(C)n1CCc1c[nH]c2ccccc12. The first-order chi connectivity index (χ1) is 14.6. The molecule has 152 valence electrons. The van der Waals surface area contributed by atoms with E-state index in [1.54, 1.807) is 0 Å². The first-order valence-corrected chi connectivity index (χ1v) is 10.8. The minimum absolute atomic E-state index is 1.00. The molecule has 0 atom stereocenters. The van der Waals surface area contributed by atoms with Gasteiger partial charge < -0.3 is 9.97 Å². The van der Waals surface area contributed by atoms with Crippen molar-refractivity contribution in [2.45, 2.75) is 46.7 Å². The second kappa shape index (κ2) is 7.52. The Morgan fingerprint density at radius 2 is 1.33 bits per heavy atom. The Kier molecular flexibility index (Phi) is 4.70. The summed E-state index contributed by atoms with van der Waals surface area (Å²) >= 11 is 0. The molecule has 0 amide bonds. The van der Waals surface area contributed by atoms with Crippen LogP contribution in [-0.4, -0.2) is 14.5 Å². The molecule has 30 heavy (non-hydrogen) atoms. The number of aromatic amines is 2. The Hall–Kier alpha value is -3.27. The number of H-pyrrole nitrogens is 2. The molecular weight excluding hydrogens is 368 g/mol. The van der Waals surface area contributed by atoms with Gasteiger partial charge in [0, 0.05) is 67.8 Å². The van der Waals surface area contributed by atoms with Gasteiger partial charge >= 0.3 is 0 Å². The zero-order valence-corrected chi connectivity index (χ0v) is 18.0. The molecule has 0 saturated heterocycles. The van der Waals surface area contributed by atoms with Gasteiger partial charge in [-0.2, -0.15) is 0 Å². The number of para-hydroxylation sites is 2. The molecule has 4 nitrogen and oxygen atoms in total. The van der Waals surface area contributed by atoms with E-state index >= 15 is 0 Å². The monoisotopic (exact) mass is 397 g/mol. The van der Waals surface area contributed by atoms with E-state index in [0.717, 1.165) is 25.9 Å². The second-order valence-corrected chi connectivity index (χ2v) is 8.24. The van der Waals surface area contributed by atoms with Crippen molar-refractivity contribution in [1.82, 2.24) is 14.5 Å². The van der Waals surface area contributed by atoms with Crippen molar-refractivity contribution in [3.63, 3.8) is 0 Å². The van der Waals surface area contributed by atoms with Crippen LogP contribution in [0.4, 0.5) is 0 Å². The molecule has 0 bridgehead atoms. The van der Waals surface area contributed by atoms with Gasteiger partial charge in [-0.15, -0.1) is 0 Å². The fourth-order valence-corrected chi connectivity index (χ4v) is 4.82. The van der Waals surface area contributed by atoms with Crippen molar-refractivity contribution < 1.29 is 4.57 Å². The normalized spacial score (nSPS) is 11.7. The zero-order chi connectivity index (χ0) is 20.7. The summed E-state index contributed by atoms with van der Waals surface area (Å²) in [4.78, 5) is 6.81. The van der Waals surface area contributed by atoms with Gasteiger partial charge in [-0.3, -0.25) is 0 Å². The fourth-order valence-electron chi connectivity index (χ4n) is 4.82. The Labute approximate surface area is 177 Å². The number of hydrogen-bond acceptors (Lipinski definition) is 0. The number of benzene rings is 2. The van der Waals surface area contributed by atoms with Gasteiger partial charge in [-0.1, -0.05) is 36.4 Å². The summed E-state index contributed by atoms with van der Waals surface area (Å²) in [7, 11) is 0. The predicted octanol–water partition coefficient (Wildman–Crippen LogP) is 5.15. The molecule has 2 aromatic carbocycles. The van der Waals surface area contributed by atoms with Crippen molar-refractivity contribution >= 4 is 21.8 Å². The number of hydrogen-bond donors (Lipinski definition) is 2. The van der Waals surface area contributed by atoms with Crippen LogP contribution in [0.15, 0.2) is 60.9 Å². The van der Waals surface area contributed by atoms with E-state index in [4.69, 9.17) is 0 Å². The minimum Gasteiger partial charge on any atom is -0.361 e. The first-order valence-electron chi connectivity index (χ1n) is 10.8. The van der Waals surface area contributed by atoms with Crippen molar-refractivity contribution in [2.75, 3.05) is 0 Å². The predicted molar refractivity (Wildman–Crippen MR) is 123 cm³/mol. The third-order valence-corrected chi connectivity index (χ3v) is 6.67. The van der Waals surface area contributed by atoms with Crippen LogP contribution in [0.5, 0.6) is 0 Å². The average Bonchev–Trinajstić information content (AvgIpc) is 3.42. The standard InChI is InChI=1S/C26H29N4/c1-18-19(2)30(15-13-22-17-28-26-11-7-5-9-24(22)26)20(3)29(18)14-12-21-16-27-25-10-6-4-8-23(21)25/h4-11,16-17,27-28H,12-15H2,1-3H3/q+1. The smallest absolute Gasteiger partial charge is 0.253 e. The van der Waals surface area contributed by atoms with Crippen molar-refractivity contribution in [1.29, 1.82) is 0 Å². The maximum atomic E-state index is 3.40. The van der Waals surface area contributed by atoms with E-state index < -0.39 is 0 Å². The van der Waals surface area contributed by atoms with Crippen molar-refractivity contribution in [3.8, 4) is 0 Å². The minimum atomic E-state index is 1.00. The molecule has 0 aliphatic carbocycles. The van der Waals surface area contributed by atoms with E-state index in [0.29, 0.717) is 0 Å². The molecule has 0 aliphatic rings. The highest BCUT2D eigenvalue weighted by Gasteiger charge is 2.22. The molecule has 0 fully saturated rings. The van der Waals surface area contributed by atoms with Gasteiger partial charge in [0.2, 0.25) is 0 Å². The van der Waals surface area contributed by atoms with E-state index in [9.17, 15) is 0 Å². The molecule has 0 aliphatic heterocycles. The van der Waals surface area contributed by atoms with Crippen molar-refractivity contribution in [3.05, 3.63) is 89.3 Å². The summed E-state index contributed by atoms with van der Waals surface area (Å²) < 4.78 is 4.96. The summed E-state index contributed by atoms with van der Waals surface area (Å²) in [6.07, 6.45) is 6.39. The summed E-state index contributed by atoms with van der Waals surface area (Å²) in [5.41, 5.74) is 7.96. The van der Waals surface area contributed by atoms with Crippen LogP contribution in [-0.2, 0) is 25.9 Å². The number of fused-ring (bicyclic) bond motifs is 2. The van der Waals surface area contributed by atoms with Crippen molar-refractivity contribution in [2.24, 2.45) is 0 Å². The Morgan fingerprint density at radius 3 is 1.97 bits per heavy atom. The quantitative estimate of drug-likeness (QED) is 0.372. The third kappa shape index (κ3) is 3.13. The Bertz CT molecular complexity index is 1230. The number of aryl methyl sites for hydroxylation is 2. The molecule has 0 radical (unpaired) electrons. The highest BCUT2D eigenvalue weighted by molar-refractivity contribution is 5.83. The summed E-state index contributed by atoms with van der Waals surface area (Å²) in [5, 5.41) is 2.67. The third-order valence-electron chi connectivity index (χ3n) is 6.67. The number of aromatic nitrogens is 4. The van der Waals surface area contributed by atoms with Crippen LogP contribution in [0.2, 0.25) is 0 Å². The average molecular weight is 398 g/mol. The molecule has 4 heteroatoms. The maximum Gasteiger partial charge on any atom is 0.253 e. The lowest BCUT2D eigenvalue weighted by molar-refractivity contribution is -0.707. The molecule has 5 aromatic rings. The molecular formula is C26H29N4+. The summed E-state index contributed by atoms with van der Waals surface area (Å²) in [6.45, 7) is 8.75. The van der Waals surface area contributed by atoms with Crippen LogP contribution >= 0.6 is 0 Å². The van der Waals surface area contributed by atoms with E-state index in [1.807, 2.05) is 0 Å². The molecule has 5 rings (SSSR count). The highest BCUT2D eigenvalue weighted by atomic mass is 15.2. The van der Waals surface area contributed by atoms with Crippen LogP contribution in [0.3, 0.4) is 0 Å². The van der Waals surface area contributed by atoms with Crippen LogP contribution in [0.1, 0.15) is 28.3 Å². The molecule has 3 aromatic heterocycles. The van der Waals surface area contributed by atoms with Gasteiger partial charge in [-0.05, 0) is 23.3 Å². The molecule has 3 heterocycles. The van der Waals surface area contributed by atoms with Gasteiger partial charge in [-0.25, -0.2) is 9.13 Å². The second-order valence-electron chi connectivity index (χ2n) is 8.24. The fraction of sp³-hybridized carbons (Fsp3) is 0.269. The Balaban J connectivity index is 1.36. The van der Waals surface area contributed by atoms with Crippen LogP contribution < -0.4 is 4.57 Å². The maximum absolute atomic E-state index is 3.40. The lowest BCUT2D eigenvalue weighted by Gasteiger charge is -2.03. The van der Waals surface area contributed by atoms with E-state index in [1.165, 1.54) is 50.1 Å². The van der Waals surface area contributed by atoms with E-state index in [-0.39, 0.29) is 0 Å². The molecule has 0 unspecified atom stereocenters. The number of imidazole rings is 1. The lowest BCUT2D eigenvalue weighted by atomic mass is 10.1. The van der Waals surface area contributed by atoms with Crippen LogP contribution in [0, 0.1) is 20.8 Å². The van der Waals surface area contributed by atoms with Gasteiger partial charge in [0.25, 0.3) is 5.82 Å². The molecule has 0 saturated carbocycles. The lowest BCUT2D eigenvalue weighted by Crippen LogP contribution is -2.39. The topological polar surface area (TPSA) is 40.4 Å². The highest BCUT2D eigenvalue weighted by Crippen LogP contribution is 2.20.